The van der Waals surface area contributed by atoms with E-state index in [-0.39, 0.29) is 12.5 Å². The standard InChI is InChI=1S/C24H25NO3/c26-15-6-12-24(14-16-28-18-19-7-2-1-3-8-19)13-11-21-17-20-9-4-5-10-22(20)25(21)23(24)27/h1-5,7-11,13,17,26H,6,12,14-16,18H2/t24-/m1/s1. The van der Waals surface area contributed by atoms with Crippen molar-refractivity contribution in [3.63, 3.8) is 0 Å². The van der Waals surface area contributed by atoms with Gasteiger partial charge in [0.2, 0.25) is 5.91 Å². The predicted octanol–water partition coefficient (Wildman–Crippen LogP) is 4.67. The Morgan fingerprint density at radius 1 is 1.00 bits per heavy atom. The van der Waals surface area contributed by atoms with E-state index in [9.17, 15) is 9.90 Å². The Morgan fingerprint density at radius 3 is 2.61 bits per heavy atom. The summed E-state index contributed by atoms with van der Waals surface area (Å²) in [6.07, 6.45) is 5.85. The molecular formula is C24H25NO3. The van der Waals surface area contributed by atoms with E-state index in [2.05, 4.69) is 0 Å². The van der Waals surface area contributed by atoms with E-state index >= 15 is 0 Å². The average molecular weight is 375 g/mol. The first-order valence-corrected chi connectivity index (χ1v) is 9.81. The number of carbonyl (C=O) groups excluding carboxylic acids is 1. The second-order valence-electron chi connectivity index (χ2n) is 7.37. The summed E-state index contributed by atoms with van der Waals surface area (Å²) in [5.41, 5.74) is 2.33. The largest absolute Gasteiger partial charge is 0.396 e. The number of aromatic nitrogens is 1. The van der Waals surface area contributed by atoms with Crippen molar-refractivity contribution in [2.45, 2.75) is 25.9 Å². The summed E-state index contributed by atoms with van der Waals surface area (Å²) < 4.78 is 7.70. The quantitative estimate of drug-likeness (QED) is 0.582. The number of allylic oxidation sites excluding steroid dienone is 1. The van der Waals surface area contributed by atoms with Crippen LogP contribution in [0.1, 0.15) is 35.3 Å². The Kier molecular flexibility index (Phi) is 5.42. The van der Waals surface area contributed by atoms with Gasteiger partial charge in [-0.3, -0.25) is 9.36 Å². The number of hydrogen-bond donors (Lipinski definition) is 1. The van der Waals surface area contributed by atoms with Crippen molar-refractivity contribution in [2.75, 3.05) is 13.2 Å². The second-order valence-corrected chi connectivity index (χ2v) is 7.37. The summed E-state index contributed by atoms with van der Waals surface area (Å²) in [6, 6.07) is 20.0. The van der Waals surface area contributed by atoms with Crippen LogP contribution in [0.4, 0.5) is 0 Å². The minimum Gasteiger partial charge on any atom is -0.396 e. The molecule has 0 saturated carbocycles. The Balaban J connectivity index is 1.54. The topological polar surface area (TPSA) is 51.5 Å². The maximum absolute atomic E-state index is 13.6. The minimum absolute atomic E-state index is 0.0722. The highest BCUT2D eigenvalue weighted by Crippen LogP contribution is 2.39. The van der Waals surface area contributed by atoms with Crippen LogP contribution in [-0.2, 0) is 11.3 Å². The first-order valence-electron chi connectivity index (χ1n) is 9.81. The third kappa shape index (κ3) is 3.53. The van der Waals surface area contributed by atoms with Crippen LogP contribution in [-0.4, -0.2) is 28.8 Å². The van der Waals surface area contributed by atoms with Gasteiger partial charge in [-0.25, -0.2) is 0 Å². The molecule has 0 unspecified atom stereocenters. The van der Waals surface area contributed by atoms with E-state index in [0.717, 1.165) is 22.2 Å². The maximum Gasteiger partial charge on any atom is 0.241 e. The molecule has 1 aliphatic heterocycles. The van der Waals surface area contributed by atoms with Gasteiger partial charge >= 0.3 is 0 Å². The lowest BCUT2D eigenvalue weighted by Crippen LogP contribution is -2.37. The normalized spacial score (nSPS) is 18.5. The summed E-state index contributed by atoms with van der Waals surface area (Å²) in [4.78, 5) is 13.6. The Bertz CT molecular complexity index is 990. The zero-order valence-electron chi connectivity index (χ0n) is 15.9. The lowest BCUT2D eigenvalue weighted by atomic mass is 9.77. The van der Waals surface area contributed by atoms with Gasteiger partial charge < -0.3 is 9.84 Å². The molecule has 28 heavy (non-hydrogen) atoms. The number of para-hydroxylation sites is 1. The molecule has 3 aromatic rings. The van der Waals surface area contributed by atoms with Crippen LogP contribution in [0.25, 0.3) is 17.0 Å². The number of rotatable bonds is 8. The zero-order valence-corrected chi connectivity index (χ0v) is 15.9. The molecule has 144 valence electrons. The number of hydrogen-bond acceptors (Lipinski definition) is 3. The van der Waals surface area contributed by atoms with E-state index in [1.807, 2.05) is 77.4 Å². The highest BCUT2D eigenvalue weighted by Gasteiger charge is 2.39. The molecule has 0 bridgehead atoms. The molecule has 1 aromatic heterocycles. The van der Waals surface area contributed by atoms with Gasteiger partial charge in [-0.15, -0.1) is 0 Å². The van der Waals surface area contributed by atoms with Gasteiger partial charge in [0.1, 0.15) is 0 Å². The SMILES string of the molecule is O=C1n2c(cc3ccccc32)C=C[C@]1(CCCO)CCOCc1ccccc1. The van der Waals surface area contributed by atoms with Crippen LogP contribution in [0.5, 0.6) is 0 Å². The predicted molar refractivity (Wildman–Crippen MR) is 111 cm³/mol. The van der Waals surface area contributed by atoms with Gasteiger partial charge in [-0.2, -0.15) is 0 Å². The smallest absolute Gasteiger partial charge is 0.241 e. The number of nitrogens with zero attached hydrogens (tertiary/aromatic N) is 1. The van der Waals surface area contributed by atoms with Gasteiger partial charge in [0.25, 0.3) is 0 Å². The van der Waals surface area contributed by atoms with Crippen molar-refractivity contribution in [3.8, 4) is 0 Å². The van der Waals surface area contributed by atoms with E-state index in [4.69, 9.17) is 4.74 Å². The molecule has 0 radical (unpaired) electrons. The summed E-state index contributed by atoms with van der Waals surface area (Å²) in [6.45, 7) is 1.10. The third-order valence-electron chi connectivity index (χ3n) is 5.53. The molecule has 1 aliphatic rings. The molecule has 0 amide bonds. The Morgan fingerprint density at radius 2 is 1.79 bits per heavy atom. The van der Waals surface area contributed by atoms with Crippen LogP contribution in [0, 0.1) is 5.41 Å². The number of fused-ring (bicyclic) bond motifs is 3. The second kappa shape index (κ2) is 8.13. The van der Waals surface area contributed by atoms with Crippen molar-refractivity contribution in [1.29, 1.82) is 0 Å². The van der Waals surface area contributed by atoms with Gasteiger partial charge in [-0.05, 0) is 43.0 Å². The number of carbonyl (C=O) groups is 1. The molecular weight excluding hydrogens is 350 g/mol. The Hall–Kier alpha value is -2.69. The van der Waals surface area contributed by atoms with Gasteiger partial charge in [0.05, 0.1) is 17.5 Å². The van der Waals surface area contributed by atoms with Crippen molar-refractivity contribution < 1.29 is 14.6 Å². The molecule has 4 nitrogen and oxygen atoms in total. The summed E-state index contributed by atoms with van der Waals surface area (Å²) in [5.74, 6) is 0.0722. The average Bonchev–Trinajstić information content (AvgIpc) is 3.12. The lowest BCUT2D eigenvalue weighted by molar-refractivity contribution is 0.0586. The monoisotopic (exact) mass is 375 g/mol. The molecule has 0 fully saturated rings. The molecule has 4 rings (SSSR count). The fraction of sp³-hybridized carbons (Fsp3) is 0.292. The number of aliphatic hydroxyl groups excluding tert-OH is 1. The van der Waals surface area contributed by atoms with Crippen molar-refractivity contribution >= 4 is 22.9 Å². The fourth-order valence-electron chi connectivity index (χ4n) is 3.98. The number of aliphatic hydroxyl groups is 1. The third-order valence-corrected chi connectivity index (χ3v) is 5.53. The Labute approximate surface area is 165 Å². The zero-order chi connectivity index (χ0) is 19.4. The van der Waals surface area contributed by atoms with Crippen LogP contribution in [0.15, 0.2) is 66.7 Å². The van der Waals surface area contributed by atoms with Gasteiger partial charge in [0.15, 0.2) is 0 Å². The van der Waals surface area contributed by atoms with Crippen LogP contribution >= 0.6 is 0 Å². The highest BCUT2D eigenvalue weighted by atomic mass is 16.5. The van der Waals surface area contributed by atoms with Gasteiger partial charge in [-0.1, -0.05) is 54.6 Å². The summed E-state index contributed by atoms with van der Waals surface area (Å²) in [7, 11) is 0. The van der Waals surface area contributed by atoms with Crippen LogP contribution < -0.4 is 0 Å². The summed E-state index contributed by atoms with van der Waals surface area (Å²) >= 11 is 0. The van der Waals surface area contributed by atoms with E-state index in [1.165, 1.54) is 0 Å². The summed E-state index contributed by atoms with van der Waals surface area (Å²) in [5, 5.41) is 10.4. The molecule has 0 spiro atoms. The number of ether oxygens (including phenoxy) is 1. The van der Waals surface area contributed by atoms with E-state index in [0.29, 0.717) is 32.5 Å². The molecule has 1 N–H and O–H groups in total. The van der Waals surface area contributed by atoms with Crippen LogP contribution in [0.2, 0.25) is 0 Å². The molecule has 1 atom stereocenters. The minimum atomic E-state index is -0.645. The van der Waals surface area contributed by atoms with Crippen molar-refractivity contribution in [3.05, 3.63) is 78.0 Å². The molecule has 4 heteroatoms. The van der Waals surface area contributed by atoms with Crippen molar-refractivity contribution in [1.82, 2.24) is 4.57 Å². The van der Waals surface area contributed by atoms with Crippen LogP contribution in [0.3, 0.4) is 0 Å². The number of benzene rings is 2. The molecule has 2 aromatic carbocycles. The molecule has 0 saturated heterocycles. The van der Waals surface area contributed by atoms with Gasteiger partial charge in [0, 0.05) is 24.3 Å². The lowest BCUT2D eigenvalue weighted by Gasteiger charge is -2.33. The highest BCUT2D eigenvalue weighted by molar-refractivity contribution is 6.01. The fourth-order valence-corrected chi connectivity index (χ4v) is 3.98. The molecule has 2 heterocycles. The van der Waals surface area contributed by atoms with Crippen molar-refractivity contribution in [2.24, 2.45) is 5.41 Å². The van der Waals surface area contributed by atoms with E-state index in [1.54, 1.807) is 0 Å². The van der Waals surface area contributed by atoms with E-state index < -0.39 is 5.41 Å². The molecule has 0 aliphatic carbocycles. The maximum atomic E-state index is 13.6. The first-order chi connectivity index (χ1) is 13.7. The first kappa shape index (κ1) is 18.7.